The first-order valence-corrected chi connectivity index (χ1v) is 7.00. The van der Waals surface area contributed by atoms with Crippen LogP contribution >= 0.6 is 11.3 Å². The van der Waals surface area contributed by atoms with Crippen molar-refractivity contribution in [2.24, 2.45) is 0 Å². The molecule has 1 aliphatic rings. The van der Waals surface area contributed by atoms with E-state index < -0.39 is 10.9 Å². The molecule has 3 rings (SSSR count). The van der Waals surface area contributed by atoms with Gasteiger partial charge in [-0.15, -0.1) is 11.3 Å². The van der Waals surface area contributed by atoms with Gasteiger partial charge in [-0.3, -0.25) is 10.1 Å². The van der Waals surface area contributed by atoms with E-state index in [4.69, 9.17) is 5.11 Å². The van der Waals surface area contributed by atoms with Gasteiger partial charge >= 0.3 is 11.7 Å². The Balaban J connectivity index is 1.96. The van der Waals surface area contributed by atoms with Crippen molar-refractivity contribution in [2.75, 3.05) is 5.32 Å². The van der Waals surface area contributed by atoms with Gasteiger partial charge in [0.25, 0.3) is 0 Å². The average Bonchev–Trinajstić information content (AvgIpc) is 2.99. The van der Waals surface area contributed by atoms with E-state index in [0.717, 1.165) is 42.0 Å². The average molecular weight is 306 g/mol. The van der Waals surface area contributed by atoms with Crippen LogP contribution in [0.15, 0.2) is 12.1 Å². The summed E-state index contributed by atoms with van der Waals surface area (Å²) < 4.78 is 0. The highest BCUT2D eigenvalue weighted by Gasteiger charge is 2.22. The topological polar surface area (TPSA) is 118 Å². The second-order valence-electron chi connectivity index (χ2n) is 4.49. The van der Waals surface area contributed by atoms with E-state index in [2.05, 4.69) is 15.3 Å². The van der Waals surface area contributed by atoms with Crippen LogP contribution in [0.4, 0.5) is 16.6 Å². The lowest BCUT2D eigenvalue weighted by atomic mass is 10.3. The van der Waals surface area contributed by atoms with E-state index in [9.17, 15) is 14.9 Å². The molecule has 0 radical (unpaired) electrons. The number of rotatable bonds is 4. The molecular weight excluding hydrogens is 296 g/mol. The summed E-state index contributed by atoms with van der Waals surface area (Å²) in [5.74, 6) is -1.35. The van der Waals surface area contributed by atoms with Crippen molar-refractivity contribution in [1.82, 2.24) is 9.97 Å². The number of nitrogens with one attached hydrogen (secondary N) is 1. The minimum Gasteiger partial charge on any atom is -0.477 e. The number of pyridine rings is 1. The fourth-order valence-corrected chi connectivity index (χ4v) is 3.20. The largest absolute Gasteiger partial charge is 0.477 e. The summed E-state index contributed by atoms with van der Waals surface area (Å²) in [5, 5.41) is 23.2. The Bertz CT molecular complexity index is 721. The molecule has 2 aromatic heterocycles. The van der Waals surface area contributed by atoms with Crippen molar-refractivity contribution in [2.45, 2.75) is 19.3 Å². The van der Waals surface area contributed by atoms with E-state index >= 15 is 0 Å². The molecule has 108 valence electrons. The first-order valence-electron chi connectivity index (χ1n) is 6.19. The molecule has 0 spiro atoms. The summed E-state index contributed by atoms with van der Waals surface area (Å²) in [6.45, 7) is 0. The maximum Gasteiger partial charge on any atom is 0.354 e. The molecule has 2 N–H and O–H groups in total. The van der Waals surface area contributed by atoms with E-state index in [-0.39, 0.29) is 17.2 Å². The molecule has 2 heterocycles. The van der Waals surface area contributed by atoms with Crippen LogP contribution < -0.4 is 5.32 Å². The molecule has 0 saturated carbocycles. The van der Waals surface area contributed by atoms with Gasteiger partial charge in [-0.25, -0.2) is 14.8 Å². The number of nitrogens with zero attached hydrogens (tertiary/aromatic N) is 3. The Morgan fingerprint density at radius 3 is 2.86 bits per heavy atom. The highest BCUT2D eigenvalue weighted by Crippen LogP contribution is 2.33. The van der Waals surface area contributed by atoms with Crippen LogP contribution in [0.25, 0.3) is 0 Å². The van der Waals surface area contributed by atoms with Gasteiger partial charge in [-0.2, -0.15) is 0 Å². The van der Waals surface area contributed by atoms with Crippen LogP contribution in [0, 0.1) is 10.1 Å². The molecule has 21 heavy (non-hydrogen) atoms. The summed E-state index contributed by atoms with van der Waals surface area (Å²) >= 11 is 1.42. The van der Waals surface area contributed by atoms with Crippen molar-refractivity contribution in [1.29, 1.82) is 0 Å². The number of aromatic nitrogens is 2. The third-order valence-corrected chi connectivity index (χ3v) is 4.18. The van der Waals surface area contributed by atoms with E-state index in [0.29, 0.717) is 5.13 Å². The Hall–Kier alpha value is -2.55. The van der Waals surface area contributed by atoms with Gasteiger partial charge < -0.3 is 10.4 Å². The van der Waals surface area contributed by atoms with Crippen LogP contribution in [0.5, 0.6) is 0 Å². The summed E-state index contributed by atoms with van der Waals surface area (Å²) in [6.07, 6.45) is 2.93. The predicted octanol–water partition coefficient (Wildman–Crippen LogP) is 2.38. The summed E-state index contributed by atoms with van der Waals surface area (Å²) in [6, 6.07) is 2.23. The first-order chi connectivity index (χ1) is 10.0. The number of anilines is 2. The zero-order valence-corrected chi connectivity index (χ0v) is 11.5. The van der Waals surface area contributed by atoms with Crippen molar-refractivity contribution >= 4 is 33.9 Å². The number of carboxylic acid groups (broad SMARTS) is 1. The standard InChI is InChI=1S/C12H10N4O4S/c17-11(18)7-4-5-8(16(19)20)10(13-7)15-12-14-6-2-1-3-9(6)21-12/h4-5H,1-3H2,(H,17,18)(H,13,14,15). The molecule has 0 bridgehead atoms. The number of fused-ring (bicyclic) bond motifs is 1. The molecule has 2 aromatic rings. The number of aromatic carboxylic acids is 1. The lowest BCUT2D eigenvalue weighted by Crippen LogP contribution is -2.06. The molecule has 0 aliphatic heterocycles. The number of aryl methyl sites for hydroxylation is 2. The third kappa shape index (κ3) is 2.55. The van der Waals surface area contributed by atoms with Crippen LogP contribution in [-0.2, 0) is 12.8 Å². The maximum absolute atomic E-state index is 11.0. The molecule has 0 atom stereocenters. The fourth-order valence-electron chi connectivity index (χ4n) is 2.16. The van der Waals surface area contributed by atoms with Crippen LogP contribution in [-0.4, -0.2) is 26.0 Å². The third-order valence-electron chi connectivity index (χ3n) is 3.11. The normalized spacial score (nSPS) is 13.0. The lowest BCUT2D eigenvalue weighted by Gasteiger charge is -2.04. The molecule has 0 saturated heterocycles. The van der Waals surface area contributed by atoms with Gasteiger partial charge in [0.15, 0.2) is 10.8 Å². The molecule has 8 nitrogen and oxygen atoms in total. The first kappa shape index (κ1) is 13.4. The zero-order chi connectivity index (χ0) is 15.0. The minimum atomic E-state index is -1.24. The second kappa shape index (κ2) is 5.09. The number of hydrogen-bond acceptors (Lipinski definition) is 7. The van der Waals surface area contributed by atoms with Gasteiger partial charge in [0.05, 0.1) is 10.6 Å². The van der Waals surface area contributed by atoms with Crippen molar-refractivity contribution in [3.63, 3.8) is 0 Å². The molecule has 0 amide bonds. The minimum absolute atomic E-state index is 0.104. The van der Waals surface area contributed by atoms with E-state index in [1.807, 2.05) is 0 Å². The van der Waals surface area contributed by atoms with Crippen molar-refractivity contribution in [3.05, 3.63) is 38.5 Å². The van der Waals surface area contributed by atoms with Gasteiger partial charge in [-0.05, 0) is 25.3 Å². The van der Waals surface area contributed by atoms with Gasteiger partial charge in [0.2, 0.25) is 5.82 Å². The SMILES string of the molecule is O=C(O)c1ccc([N+](=O)[O-])c(Nc2nc3c(s2)CCC3)n1. The predicted molar refractivity (Wildman–Crippen MR) is 75.3 cm³/mol. The van der Waals surface area contributed by atoms with Gasteiger partial charge in [0.1, 0.15) is 0 Å². The van der Waals surface area contributed by atoms with E-state index in [1.54, 1.807) is 0 Å². The molecule has 0 unspecified atom stereocenters. The van der Waals surface area contributed by atoms with Gasteiger partial charge in [0, 0.05) is 10.9 Å². The Morgan fingerprint density at radius 2 is 2.19 bits per heavy atom. The molecule has 1 aliphatic carbocycles. The van der Waals surface area contributed by atoms with Crippen LogP contribution in [0.1, 0.15) is 27.5 Å². The smallest absolute Gasteiger partial charge is 0.354 e. The molecule has 0 fully saturated rings. The Morgan fingerprint density at radius 1 is 1.38 bits per heavy atom. The highest BCUT2D eigenvalue weighted by atomic mass is 32.1. The molecule has 9 heteroatoms. The zero-order valence-electron chi connectivity index (χ0n) is 10.7. The van der Waals surface area contributed by atoms with Crippen molar-refractivity contribution in [3.8, 4) is 0 Å². The number of hydrogen-bond donors (Lipinski definition) is 2. The summed E-state index contributed by atoms with van der Waals surface area (Å²) in [4.78, 5) is 30.6. The summed E-state index contributed by atoms with van der Waals surface area (Å²) in [5.41, 5.74) is 0.460. The number of carboxylic acids is 1. The van der Waals surface area contributed by atoms with Crippen LogP contribution in [0.2, 0.25) is 0 Å². The monoisotopic (exact) mass is 306 g/mol. The number of nitro groups is 1. The Kier molecular flexibility index (Phi) is 3.26. The van der Waals surface area contributed by atoms with Crippen molar-refractivity contribution < 1.29 is 14.8 Å². The lowest BCUT2D eigenvalue weighted by molar-refractivity contribution is -0.384. The molecule has 0 aromatic carbocycles. The fraction of sp³-hybridized carbons (Fsp3) is 0.250. The summed E-state index contributed by atoms with van der Waals surface area (Å²) in [7, 11) is 0. The second-order valence-corrected chi connectivity index (χ2v) is 5.58. The van der Waals surface area contributed by atoms with E-state index in [1.165, 1.54) is 11.3 Å². The Labute approximate surface area is 122 Å². The quantitative estimate of drug-likeness (QED) is 0.657. The molecular formula is C12H10N4O4S. The number of thiazole rings is 1. The maximum atomic E-state index is 11.0. The highest BCUT2D eigenvalue weighted by molar-refractivity contribution is 7.15. The van der Waals surface area contributed by atoms with Gasteiger partial charge in [-0.1, -0.05) is 0 Å². The number of carbonyl (C=O) groups is 1. The van der Waals surface area contributed by atoms with Crippen LogP contribution in [0.3, 0.4) is 0 Å².